The largest absolute Gasteiger partial charge is 0.295 e. The van der Waals surface area contributed by atoms with E-state index in [1.54, 1.807) is 0 Å². The fourth-order valence-corrected chi connectivity index (χ4v) is 1.77. The van der Waals surface area contributed by atoms with Crippen LogP contribution < -0.4 is 0 Å². The fraction of sp³-hybridized carbons (Fsp3) is 0.500. The van der Waals surface area contributed by atoms with E-state index < -0.39 is 6.55 Å². The highest BCUT2D eigenvalue weighted by atomic mass is 35.5. The summed E-state index contributed by atoms with van der Waals surface area (Å²) in [4.78, 5) is 0.938. The maximum absolute atomic E-state index is 12.3. The van der Waals surface area contributed by atoms with Crippen LogP contribution in [0.2, 0.25) is 0 Å². The van der Waals surface area contributed by atoms with Crippen molar-refractivity contribution in [1.29, 1.82) is 0 Å². The van der Waals surface area contributed by atoms with Gasteiger partial charge in [0.05, 0.1) is 6.00 Å². The Labute approximate surface area is 100 Å². The maximum atomic E-state index is 12.3. The van der Waals surface area contributed by atoms with Crippen molar-refractivity contribution in [3.8, 4) is 0 Å². The third-order valence-electron chi connectivity index (χ3n) is 2.40. The van der Waals surface area contributed by atoms with Crippen molar-refractivity contribution >= 4 is 11.6 Å². The van der Waals surface area contributed by atoms with Crippen molar-refractivity contribution in [3.63, 3.8) is 0 Å². The lowest BCUT2D eigenvalue weighted by Gasteiger charge is -2.16. The molecule has 0 unspecified atom stereocenters. The first-order chi connectivity index (χ1) is 7.63. The number of allylic oxidation sites excluding steroid dienone is 5. The highest BCUT2D eigenvalue weighted by molar-refractivity contribution is 6.17. The van der Waals surface area contributed by atoms with E-state index >= 15 is 0 Å². The van der Waals surface area contributed by atoms with Gasteiger partial charge in [-0.2, -0.15) is 8.78 Å². The molecule has 16 heavy (non-hydrogen) atoms. The Morgan fingerprint density at radius 1 is 1.56 bits per heavy atom. The smallest absolute Gasteiger partial charge is 0.233 e. The summed E-state index contributed by atoms with van der Waals surface area (Å²) in [5.74, 6) is 0. The summed E-state index contributed by atoms with van der Waals surface area (Å²) in [6.07, 6.45) is 9.69. The molecule has 0 amide bonds. The van der Waals surface area contributed by atoms with Crippen LogP contribution in [0, 0.1) is 0 Å². The second-order valence-corrected chi connectivity index (χ2v) is 4.01. The number of hydrogen-bond acceptors (Lipinski definition) is 1. The minimum Gasteiger partial charge on any atom is -0.233 e. The lowest BCUT2D eigenvalue weighted by atomic mass is 10.0. The molecule has 0 atom stereocenters. The van der Waals surface area contributed by atoms with Crippen LogP contribution in [0.3, 0.4) is 0 Å². The molecule has 1 nitrogen and oxygen atoms in total. The molecule has 0 spiro atoms. The molecule has 4 heteroatoms. The average molecular weight is 248 g/mol. The summed E-state index contributed by atoms with van der Waals surface area (Å²) in [6.45, 7) is -0.158. The zero-order valence-corrected chi connectivity index (χ0v) is 10.1. The van der Waals surface area contributed by atoms with Crippen molar-refractivity contribution in [2.24, 2.45) is 0 Å². The average Bonchev–Trinajstić information content (AvgIpc) is 2.24. The molecule has 1 aliphatic rings. The summed E-state index contributed by atoms with van der Waals surface area (Å²) in [5.41, 5.74) is 2.38. The molecular weight excluding hydrogens is 232 g/mol. The van der Waals surface area contributed by atoms with Crippen molar-refractivity contribution in [3.05, 3.63) is 35.5 Å². The van der Waals surface area contributed by atoms with E-state index in [0.29, 0.717) is 13.0 Å². The van der Waals surface area contributed by atoms with Gasteiger partial charge >= 0.3 is 0 Å². The van der Waals surface area contributed by atoms with Gasteiger partial charge in [0, 0.05) is 6.54 Å². The molecule has 0 saturated heterocycles. The van der Waals surface area contributed by atoms with Crippen LogP contribution in [0.4, 0.5) is 8.78 Å². The number of halogens is 3. The summed E-state index contributed by atoms with van der Waals surface area (Å²) in [6, 6.07) is -0.129. The van der Waals surface area contributed by atoms with Crippen LogP contribution in [0.1, 0.15) is 19.8 Å². The maximum Gasteiger partial charge on any atom is 0.295 e. The monoisotopic (exact) mass is 247 g/mol. The highest BCUT2D eigenvalue weighted by Gasteiger charge is 2.13. The van der Waals surface area contributed by atoms with Gasteiger partial charge in [-0.25, -0.2) is 4.90 Å². The van der Waals surface area contributed by atoms with Gasteiger partial charge in [0.25, 0.3) is 6.55 Å². The minimum atomic E-state index is -2.47. The van der Waals surface area contributed by atoms with Gasteiger partial charge in [-0.3, -0.25) is 0 Å². The van der Waals surface area contributed by atoms with Gasteiger partial charge in [0.1, 0.15) is 0 Å². The standard InChI is InChI=1S/C12H16ClF2N/c1-10-4-2-5-11(8-10)6-3-7-16(9-13)12(14)15/h2,4,6,8,12H,3,5,7,9H2,1H3/b11-6+. The van der Waals surface area contributed by atoms with Crippen LogP contribution in [0.5, 0.6) is 0 Å². The molecule has 0 aromatic carbocycles. The summed E-state index contributed by atoms with van der Waals surface area (Å²) < 4.78 is 24.6. The van der Waals surface area contributed by atoms with Gasteiger partial charge in [0.15, 0.2) is 0 Å². The van der Waals surface area contributed by atoms with Crippen LogP contribution in [-0.2, 0) is 0 Å². The first-order valence-corrected chi connectivity index (χ1v) is 5.79. The molecule has 0 N–H and O–H groups in total. The Bertz CT molecular complexity index is 308. The van der Waals surface area contributed by atoms with Gasteiger partial charge in [-0.05, 0) is 25.3 Å². The van der Waals surface area contributed by atoms with Gasteiger partial charge in [0.2, 0.25) is 0 Å². The zero-order chi connectivity index (χ0) is 12.0. The van der Waals surface area contributed by atoms with E-state index in [-0.39, 0.29) is 6.00 Å². The number of rotatable bonds is 5. The Kier molecular flexibility index (Phi) is 5.71. The van der Waals surface area contributed by atoms with Crippen molar-refractivity contribution in [2.45, 2.75) is 26.3 Å². The number of hydrogen-bond donors (Lipinski definition) is 0. The molecule has 1 rings (SSSR count). The molecule has 0 radical (unpaired) electrons. The third kappa shape index (κ3) is 4.45. The summed E-state index contributed by atoms with van der Waals surface area (Å²) in [7, 11) is 0. The number of nitrogens with zero attached hydrogens (tertiary/aromatic N) is 1. The Morgan fingerprint density at radius 2 is 2.31 bits per heavy atom. The number of alkyl halides is 3. The molecule has 0 saturated carbocycles. The Morgan fingerprint density at radius 3 is 2.88 bits per heavy atom. The van der Waals surface area contributed by atoms with E-state index in [1.807, 2.05) is 13.0 Å². The second-order valence-electron chi connectivity index (χ2n) is 3.77. The molecular formula is C12H16ClF2N. The van der Waals surface area contributed by atoms with Crippen LogP contribution >= 0.6 is 11.6 Å². The molecule has 0 aromatic heterocycles. The SMILES string of the molecule is CC1=C/C(=C/CCN(CCl)C(F)F)CC=C1. The molecule has 0 heterocycles. The van der Waals surface area contributed by atoms with E-state index in [9.17, 15) is 8.78 Å². The van der Waals surface area contributed by atoms with E-state index in [1.165, 1.54) is 11.1 Å². The van der Waals surface area contributed by atoms with Gasteiger partial charge in [-0.15, -0.1) is 11.6 Å². The van der Waals surface area contributed by atoms with Crippen LogP contribution in [0.25, 0.3) is 0 Å². The normalized spacial score (nSPS) is 18.6. The first kappa shape index (κ1) is 13.4. The van der Waals surface area contributed by atoms with Crippen molar-refractivity contribution in [2.75, 3.05) is 12.5 Å². The van der Waals surface area contributed by atoms with E-state index in [0.717, 1.165) is 11.3 Å². The molecule has 0 fully saturated rings. The summed E-state index contributed by atoms with van der Waals surface area (Å²) >= 11 is 5.41. The molecule has 0 aromatic rings. The van der Waals surface area contributed by atoms with Crippen molar-refractivity contribution < 1.29 is 8.78 Å². The Balaban J connectivity index is 2.39. The quantitative estimate of drug-likeness (QED) is 0.526. The first-order valence-electron chi connectivity index (χ1n) is 5.25. The van der Waals surface area contributed by atoms with Crippen LogP contribution in [0.15, 0.2) is 35.5 Å². The molecule has 0 bridgehead atoms. The Hall–Kier alpha value is -0.670. The van der Waals surface area contributed by atoms with Crippen molar-refractivity contribution in [1.82, 2.24) is 4.90 Å². The fourth-order valence-electron chi connectivity index (χ4n) is 1.55. The van der Waals surface area contributed by atoms with E-state index in [2.05, 4.69) is 18.2 Å². The third-order valence-corrected chi connectivity index (χ3v) is 2.71. The minimum absolute atomic E-state index is 0.129. The second kappa shape index (κ2) is 6.81. The summed E-state index contributed by atoms with van der Waals surface area (Å²) in [5, 5.41) is 0. The topological polar surface area (TPSA) is 3.24 Å². The predicted octanol–water partition coefficient (Wildman–Crippen LogP) is 3.93. The van der Waals surface area contributed by atoms with E-state index in [4.69, 9.17) is 11.6 Å². The van der Waals surface area contributed by atoms with Gasteiger partial charge < -0.3 is 0 Å². The predicted molar refractivity (Wildman–Crippen MR) is 63.6 cm³/mol. The lowest BCUT2D eigenvalue weighted by Crippen LogP contribution is -2.28. The molecule has 0 aliphatic heterocycles. The lowest BCUT2D eigenvalue weighted by molar-refractivity contribution is -0.0135. The van der Waals surface area contributed by atoms with Gasteiger partial charge in [-0.1, -0.05) is 29.9 Å². The van der Waals surface area contributed by atoms with Crippen LogP contribution in [-0.4, -0.2) is 24.0 Å². The molecule has 90 valence electrons. The highest BCUT2D eigenvalue weighted by Crippen LogP contribution is 2.16. The zero-order valence-electron chi connectivity index (χ0n) is 9.30. The molecule has 1 aliphatic carbocycles.